The molecule has 64 valence electrons. The van der Waals surface area contributed by atoms with E-state index < -0.39 is 0 Å². The van der Waals surface area contributed by atoms with E-state index in [0.717, 1.165) is 22.5 Å². The van der Waals surface area contributed by atoms with Gasteiger partial charge in [0.05, 0.1) is 11.0 Å². The van der Waals surface area contributed by atoms with Crippen LogP contribution in [-0.2, 0) is 0 Å². The molecule has 0 saturated heterocycles. The number of aromatic nitrogens is 2. The summed E-state index contributed by atoms with van der Waals surface area (Å²) < 4.78 is 10.4. The van der Waals surface area contributed by atoms with E-state index >= 15 is 0 Å². The van der Waals surface area contributed by atoms with Crippen molar-refractivity contribution >= 4 is 11.0 Å². The van der Waals surface area contributed by atoms with Crippen molar-refractivity contribution in [2.45, 2.75) is 0 Å². The molecule has 1 aromatic carbocycles. The lowest BCUT2D eigenvalue weighted by Crippen LogP contribution is -1.92. The van der Waals surface area contributed by atoms with Gasteiger partial charge < -0.3 is 9.47 Å². The van der Waals surface area contributed by atoms with Crippen molar-refractivity contribution in [2.75, 3.05) is 6.79 Å². The third kappa shape index (κ3) is 0.917. The van der Waals surface area contributed by atoms with Crippen molar-refractivity contribution in [1.82, 2.24) is 9.97 Å². The molecule has 3 rings (SSSR count). The predicted molar refractivity (Wildman–Crippen MR) is 45.7 cm³/mol. The van der Waals surface area contributed by atoms with Crippen LogP contribution in [0.1, 0.15) is 0 Å². The Morgan fingerprint density at radius 2 is 1.46 bits per heavy atom. The number of benzene rings is 1. The molecule has 2 heterocycles. The van der Waals surface area contributed by atoms with Crippen LogP contribution in [0.5, 0.6) is 11.5 Å². The maximum atomic E-state index is 5.22. The molecular formula is C9H6N2O2. The van der Waals surface area contributed by atoms with Gasteiger partial charge in [0.1, 0.15) is 0 Å². The summed E-state index contributed by atoms with van der Waals surface area (Å²) in [6.07, 6.45) is 3.31. The Morgan fingerprint density at radius 1 is 0.923 bits per heavy atom. The molecule has 0 atom stereocenters. The molecule has 0 amide bonds. The van der Waals surface area contributed by atoms with Gasteiger partial charge in [0.25, 0.3) is 0 Å². The van der Waals surface area contributed by atoms with Crippen molar-refractivity contribution in [3.8, 4) is 11.5 Å². The molecule has 0 bridgehead atoms. The number of fused-ring (bicyclic) bond motifs is 2. The molecule has 0 unspecified atom stereocenters. The summed E-state index contributed by atoms with van der Waals surface area (Å²) in [6, 6.07) is 3.68. The molecular weight excluding hydrogens is 168 g/mol. The van der Waals surface area contributed by atoms with Gasteiger partial charge in [-0.05, 0) is 0 Å². The first-order valence-corrected chi connectivity index (χ1v) is 3.94. The first-order valence-electron chi connectivity index (χ1n) is 3.94. The molecule has 0 N–H and O–H groups in total. The lowest BCUT2D eigenvalue weighted by atomic mass is 10.2. The number of hydrogen-bond donors (Lipinski definition) is 0. The maximum absolute atomic E-state index is 5.22. The Morgan fingerprint density at radius 3 is 2.00 bits per heavy atom. The van der Waals surface area contributed by atoms with Crippen LogP contribution >= 0.6 is 0 Å². The first kappa shape index (κ1) is 6.65. The fraction of sp³-hybridized carbons (Fsp3) is 0.111. The smallest absolute Gasteiger partial charge is 0.231 e. The van der Waals surface area contributed by atoms with Crippen molar-refractivity contribution in [3.05, 3.63) is 24.5 Å². The monoisotopic (exact) mass is 174 g/mol. The molecule has 0 fully saturated rings. The fourth-order valence-electron chi connectivity index (χ4n) is 1.35. The molecule has 13 heavy (non-hydrogen) atoms. The van der Waals surface area contributed by atoms with E-state index in [1.807, 2.05) is 12.1 Å². The Hall–Kier alpha value is -1.84. The second-order valence-corrected chi connectivity index (χ2v) is 2.75. The van der Waals surface area contributed by atoms with Gasteiger partial charge in [-0.25, -0.2) is 0 Å². The summed E-state index contributed by atoms with van der Waals surface area (Å²) in [5.41, 5.74) is 1.65. The lowest BCUT2D eigenvalue weighted by molar-refractivity contribution is 0.174. The molecule has 0 aliphatic carbocycles. The maximum Gasteiger partial charge on any atom is 0.231 e. The summed E-state index contributed by atoms with van der Waals surface area (Å²) in [5, 5.41) is 0. The van der Waals surface area contributed by atoms with E-state index in [1.54, 1.807) is 12.4 Å². The Labute approximate surface area is 74.1 Å². The molecule has 1 aromatic heterocycles. The van der Waals surface area contributed by atoms with Gasteiger partial charge in [0.15, 0.2) is 11.5 Å². The topological polar surface area (TPSA) is 44.2 Å². The van der Waals surface area contributed by atoms with Crippen LogP contribution in [0.2, 0.25) is 0 Å². The minimum Gasteiger partial charge on any atom is -0.454 e. The summed E-state index contributed by atoms with van der Waals surface area (Å²) >= 11 is 0. The van der Waals surface area contributed by atoms with E-state index in [4.69, 9.17) is 9.47 Å². The Balaban J connectivity index is 2.36. The van der Waals surface area contributed by atoms with Gasteiger partial charge in [-0.3, -0.25) is 9.97 Å². The highest BCUT2D eigenvalue weighted by Crippen LogP contribution is 2.34. The average molecular weight is 174 g/mol. The van der Waals surface area contributed by atoms with Gasteiger partial charge in [0.2, 0.25) is 6.79 Å². The zero-order chi connectivity index (χ0) is 8.67. The highest BCUT2D eigenvalue weighted by atomic mass is 16.7. The van der Waals surface area contributed by atoms with Crippen LogP contribution < -0.4 is 9.47 Å². The molecule has 4 nitrogen and oxygen atoms in total. The molecule has 0 saturated carbocycles. The summed E-state index contributed by atoms with van der Waals surface area (Å²) in [4.78, 5) is 8.32. The zero-order valence-electron chi connectivity index (χ0n) is 6.73. The quantitative estimate of drug-likeness (QED) is 0.604. The molecule has 2 aromatic rings. The molecule has 0 radical (unpaired) electrons. The minimum absolute atomic E-state index is 0.283. The largest absolute Gasteiger partial charge is 0.454 e. The highest BCUT2D eigenvalue weighted by molar-refractivity contribution is 5.78. The highest BCUT2D eigenvalue weighted by Gasteiger charge is 2.14. The van der Waals surface area contributed by atoms with Crippen LogP contribution in [-0.4, -0.2) is 16.8 Å². The van der Waals surface area contributed by atoms with E-state index in [0.29, 0.717) is 0 Å². The third-order valence-corrected chi connectivity index (χ3v) is 1.96. The summed E-state index contributed by atoms with van der Waals surface area (Å²) in [5.74, 6) is 1.49. The van der Waals surface area contributed by atoms with E-state index in [-0.39, 0.29) is 6.79 Å². The first-order chi connectivity index (χ1) is 6.43. The predicted octanol–water partition coefficient (Wildman–Crippen LogP) is 1.36. The normalized spacial score (nSPS) is 13.5. The third-order valence-electron chi connectivity index (χ3n) is 1.96. The summed E-state index contributed by atoms with van der Waals surface area (Å²) in [6.45, 7) is 0.283. The van der Waals surface area contributed by atoms with Crippen LogP contribution in [0.3, 0.4) is 0 Å². The van der Waals surface area contributed by atoms with Crippen LogP contribution in [0.15, 0.2) is 24.5 Å². The van der Waals surface area contributed by atoms with Crippen LogP contribution in [0.25, 0.3) is 11.0 Å². The second kappa shape index (κ2) is 2.32. The number of hydrogen-bond acceptors (Lipinski definition) is 4. The SMILES string of the molecule is c1cnc2cc3c(cc2n1)OCO3. The van der Waals surface area contributed by atoms with Crippen molar-refractivity contribution in [2.24, 2.45) is 0 Å². The van der Waals surface area contributed by atoms with E-state index in [9.17, 15) is 0 Å². The second-order valence-electron chi connectivity index (χ2n) is 2.75. The van der Waals surface area contributed by atoms with Gasteiger partial charge in [-0.2, -0.15) is 0 Å². The van der Waals surface area contributed by atoms with Crippen LogP contribution in [0, 0.1) is 0 Å². The number of nitrogens with zero attached hydrogens (tertiary/aromatic N) is 2. The molecule has 1 aliphatic heterocycles. The van der Waals surface area contributed by atoms with Gasteiger partial charge in [-0.1, -0.05) is 0 Å². The standard InChI is InChI=1S/C9H6N2O2/c1-2-11-7-4-9-8(12-5-13-9)3-6(7)10-1/h1-4H,5H2. The average Bonchev–Trinajstić information content (AvgIpc) is 2.61. The van der Waals surface area contributed by atoms with E-state index in [1.165, 1.54) is 0 Å². The van der Waals surface area contributed by atoms with Crippen molar-refractivity contribution in [1.29, 1.82) is 0 Å². The van der Waals surface area contributed by atoms with Crippen LogP contribution in [0.4, 0.5) is 0 Å². The van der Waals surface area contributed by atoms with Gasteiger partial charge >= 0.3 is 0 Å². The molecule has 1 aliphatic rings. The number of rotatable bonds is 0. The Kier molecular flexibility index (Phi) is 1.19. The number of ether oxygens (including phenoxy) is 2. The van der Waals surface area contributed by atoms with Crippen molar-refractivity contribution < 1.29 is 9.47 Å². The van der Waals surface area contributed by atoms with E-state index in [2.05, 4.69) is 9.97 Å². The van der Waals surface area contributed by atoms with Crippen molar-refractivity contribution in [3.63, 3.8) is 0 Å². The summed E-state index contributed by atoms with van der Waals surface area (Å²) in [7, 11) is 0. The molecule has 4 heteroatoms. The molecule has 0 spiro atoms. The minimum atomic E-state index is 0.283. The lowest BCUT2D eigenvalue weighted by Gasteiger charge is -1.97. The van der Waals surface area contributed by atoms with Gasteiger partial charge in [0, 0.05) is 24.5 Å². The Bertz CT molecular complexity index is 428. The zero-order valence-corrected chi connectivity index (χ0v) is 6.73. The van der Waals surface area contributed by atoms with Gasteiger partial charge in [-0.15, -0.1) is 0 Å². The fourth-order valence-corrected chi connectivity index (χ4v) is 1.35.